The number of hydrogen-bond acceptors (Lipinski definition) is 1. The Hall–Kier alpha value is -0.0400. The van der Waals surface area contributed by atoms with Crippen LogP contribution in [0.1, 0.15) is 66.2 Å². The second-order valence-corrected chi connectivity index (χ2v) is 6.61. The summed E-state index contributed by atoms with van der Waals surface area (Å²) < 4.78 is 0. The van der Waals surface area contributed by atoms with Crippen LogP contribution in [0.2, 0.25) is 0 Å². The molecule has 1 aliphatic rings. The van der Waals surface area contributed by atoms with Crippen molar-refractivity contribution in [1.29, 1.82) is 0 Å². The highest BCUT2D eigenvalue weighted by atomic mass is 14.9. The average molecular weight is 211 g/mol. The molecular weight excluding hydrogens is 182 g/mol. The van der Waals surface area contributed by atoms with Crippen molar-refractivity contribution in [2.45, 2.75) is 72.3 Å². The van der Waals surface area contributed by atoms with Gasteiger partial charge in [0.15, 0.2) is 0 Å². The van der Waals surface area contributed by atoms with E-state index in [0.717, 1.165) is 12.0 Å². The predicted octanol–water partition coefficient (Wildman–Crippen LogP) is 3.98. The Morgan fingerprint density at radius 1 is 1.20 bits per heavy atom. The summed E-state index contributed by atoms with van der Waals surface area (Å²) >= 11 is 0. The topological polar surface area (TPSA) is 12.0 Å². The molecule has 0 radical (unpaired) electrons. The Morgan fingerprint density at radius 2 is 1.93 bits per heavy atom. The molecule has 0 amide bonds. The molecule has 1 fully saturated rings. The second-order valence-electron chi connectivity index (χ2n) is 6.61. The molecule has 0 aliphatic carbocycles. The van der Waals surface area contributed by atoms with Gasteiger partial charge >= 0.3 is 0 Å². The van der Waals surface area contributed by atoms with E-state index in [1.54, 1.807) is 0 Å². The van der Waals surface area contributed by atoms with Gasteiger partial charge in [0.2, 0.25) is 0 Å². The van der Waals surface area contributed by atoms with Gasteiger partial charge in [-0.15, -0.1) is 0 Å². The molecule has 1 nitrogen and oxygen atoms in total. The smallest absolute Gasteiger partial charge is 0.00696 e. The third kappa shape index (κ3) is 6.19. The Kier molecular flexibility index (Phi) is 5.11. The maximum Gasteiger partial charge on any atom is 0.00696 e. The van der Waals surface area contributed by atoms with Gasteiger partial charge in [-0.2, -0.15) is 0 Å². The van der Waals surface area contributed by atoms with Crippen molar-refractivity contribution in [2.24, 2.45) is 11.3 Å². The van der Waals surface area contributed by atoms with Crippen LogP contribution in [0.3, 0.4) is 0 Å². The first-order chi connectivity index (χ1) is 6.97. The van der Waals surface area contributed by atoms with E-state index in [9.17, 15) is 0 Å². The van der Waals surface area contributed by atoms with Crippen LogP contribution in [0.5, 0.6) is 0 Å². The molecule has 15 heavy (non-hydrogen) atoms. The molecule has 0 aromatic carbocycles. The van der Waals surface area contributed by atoms with Crippen LogP contribution in [0, 0.1) is 11.3 Å². The minimum absolute atomic E-state index is 0.490. The van der Waals surface area contributed by atoms with Crippen LogP contribution in [0.25, 0.3) is 0 Å². The zero-order valence-electron chi connectivity index (χ0n) is 11.1. The lowest BCUT2D eigenvalue weighted by atomic mass is 9.82. The monoisotopic (exact) mass is 211 g/mol. The first-order valence-corrected chi connectivity index (χ1v) is 6.71. The fraction of sp³-hybridized carbons (Fsp3) is 1.00. The van der Waals surface area contributed by atoms with E-state index in [2.05, 4.69) is 33.0 Å². The summed E-state index contributed by atoms with van der Waals surface area (Å²) in [6, 6.07) is 0.796. The van der Waals surface area contributed by atoms with Crippen LogP contribution in [-0.2, 0) is 0 Å². The van der Waals surface area contributed by atoms with Gasteiger partial charge in [-0.1, -0.05) is 40.5 Å². The van der Waals surface area contributed by atoms with Crippen LogP contribution in [0.15, 0.2) is 0 Å². The summed E-state index contributed by atoms with van der Waals surface area (Å²) in [4.78, 5) is 0. The zero-order valence-corrected chi connectivity index (χ0v) is 11.1. The van der Waals surface area contributed by atoms with Gasteiger partial charge in [0.05, 0.1) is 0 Å². The van der Waals surface area contributed by atoms with Crippen molar-refractivity contribution in [3.63, 3.8) is 0 Å². The van der Waals surface area contributed by atoms with Crippen LogP contribution in [-0.4, -0.2) is 12.6 Å². The molecule has 1 aliphatic heterocycles. The van der Waals surface area contributed by atoms with Gasteiger partial charge in [-0.25, -0.2) is 0 Å². The van der Waals surface area contributed by atoms with Crippen LogP contribution >= 0.6 is 0 Å². The van der Waals surface area contributed by atoms with E-state index < -0.39 is 0 Å². The Bertz CT molecular complexity index is 161. The van der Waals surface area contributed by atoms with Crippen molar-refractivity contribution in [2.75, 3.05) is 6.54 Å². The first kappa shape index (κ1) is 13.0. The summed E-state index contributed by atoms with van der Waals surface area (Å²) in [7, 11) is 0. The normalized spacial score (nSPS) is 26.0. The average Bonchev–Trinajstić information content (AvgIpc) is 2.28. The minimum atomic E-state index is 0.490. The molecule has 0 bridgehead atoms. The summed E-state index contributed by atoms with van der Waals surface area (Å²) in [5.74, 6) is 0.862. The highest BCUT2D eigenvalue weighted by Crippen LogP contribution is 2.27. The van der Waals surface area contributed by atoms with Gasteiger partial charge < -0.3 is 5.32 Å². The molecule has 0 aromatic rings. The molecular formula is C14H29N. The fourth-order valence-electron chi connectivity index (χ4n) is 2.92. The van der Waals surface area contributed by atoms with Crippen molar-refractivity contribution in [1.82, 2.24) is 5.32 Å². The standard InChI is InChI=1S/C14H29N/c1-12(11-14(2,3)4)10-13-8-6-5-7-9-15-13/h12-13,15H,5-11H2,1-4H3. The maximum atomic E-state index is 3.70. The lowest BCUT2D eigenvalue weighted by Gasteiger charge is -2.26. The Balaban J connectivity index is 2.26. The molecule has 1 heterocycles. The highest BCUT2D eigenvalue weighted by molar-refractivity contribution is 4.75. The zero-order chi connectivity index (χ0) is 11.3. The highest BCUT2D eigenvalue weighted by Gasteiger charge is 2.19. The van der Waals surface area contributed by atoms with E-state index in [0.29, 0.717) is 5.41 Å². The summed E-state index contributed by atoms with van der Waals surface area (Å²) in [6.45, 7) is 10.7. The summed E-state index contributed by atoms with van der Waals surface area (Å²) in [6.07, 6.45) is 8.36. The maximum absolute atomic E-state index is 3.70. The van der Waals surface area contributed by atoms with Gasteiger partial charge in [0.1, 0.15) is 0 Å². The molecule has 2 atom stereocenters. The van der Waals surface area contributed by atoms with E-state index >= 15 is 0 Å². The molecule has 1 heteroatoms. The number of hydrogen-bond donors (Lipinski definition) is 1. The third-order valence-corrected chi connectivity index (χ3v) is 3.31. The number of rotatable bonds is 3. The van der Waals surface area contributed by atoms with Crippen molar-refractivity contribution in [3.05, 3.63) is 0 Å². The molecule has 1 saturated heterocycles. The molecule has 0 saturated carbocycles. The van der Waals surface area contributed by atoms with Crippen molar-refractivity contribution >= 4 is 0 Å². The minimum Gasteiger partial charge on any atom is -0.314 e. The van der Waals surface area contributed by atoms with E-state index in [4.69, 9.17) is 0 Å². The second kappa shape index (κ2) is 5.89. The van der Waals surface area contributed by atoms with Gasteiger partial charge in [-0.05, 0) is 43.6 Å². The third-order valence-electron chi connectivity index (χ3n) is 3.31. The quantitative estimate of drug-likeness (QED) is 0.744. The fourth-order valence-corrected chi connectivity index (χ4v) is 2.92. The molecule has 0 spiro atoms. The van der Waals surface area contributed by atoms with Crippen molar-refractivity contribution in [3.8, 4) is 0 Å². The van der Waals surface area contributed by atoms with E-state index in [-0.39, 0.29) is 0 Å². The lowest BCUT2D eigenvalue weighted by Crippen LogP contribution is -2.30. The SMILES string of the molecule is CC(CC1CCCCCN1)CC(C)(C)C. The molecule has 1 N–H and O–H groups in total. The van der Waals surface area contributed by atoms with Gasteiger partial charge in [0.25, 0.3) is 0 Å². The molecule has 2 unspecified atom stereocenters. The number of nitrogens with one attached hydrogen (secondary N) is 1. The van der Waals surface area contributed by atoms with Crippen molar-refractivity contribution < 1.29 is 0 Å². The summed E-state index contributed by atoms with van der Waals surface area (Å²) in [5.41, 5.74) is 0.490. The largest absolute Gasteiger partial charge is 0.314 e. The van der Waals surface area contributed by atoms with Gasteiger partial charge in [-0.3, -0.25) is 0 Å². The molecule has 90 valence electrons. The van der Waals surface area contributed by atoms with E-state index in [1.165, 1.54) is 45.1 Å². The van der Waals surface area contributed by atoms with E-state index in [1.807, 2.05) is 0 Å². The molecule has 0 aromatic heterocycles. The Morgan fingerprint density at radius 3 is 2.60 bits per heavy atom. The van der Waals surface area contributed by atoms with Gasteiger partial charge in [0, 0.05) is 6.04 Å². The first-order valence-electron chi connectivity index (χ1n) is 6.71. The van der Waals surface area contributed by atoms with Crippen LogP contribution in [0.4, 0.5) is 0 Å². The summed E-state index contributed by atoms with van der Waals surface area (Å²) in [5, 5.41) is 3.70. The Labute approximate surface area is 96.0 Å². The predicted molar refractivity (Wildman–Crippen MR) is 68.1 cm³/mol. The lowest BCUT2D eigenvalue weighted by molar-refractivity contribution is 0.273. The van der Waals surface area contributed by atoms with Crippen LogP contribution < -0.4 is 5.32 Å². The molecule has 1 rings (SSSR count).